The highest BCUT2D eigenvalue weighted by Gasteiger charge is 2.33. The molecule has 0 saturated carbocycles. The summed E-state index contributed by atoms with van der Waals surface area (Å²) in [5.41, 5.74) is 1.07. The second kappa shape index (κ2) is 6.71. The van der Waals surface area contributed by atoms with Gasteiger partial charge in [-0.05, 0) is 43.0 Å². The molecule has 0 aliphatic heterocycles. The highest BCUT2D eigenvalue weighted by atomic mass is 32.1. The molecule has 3 heterocycles. The molecule has 0 amide bonds. The van der Waals surface area contributed by atoms with E-state index in [1.54, 1.807) is 11.4 Å². The molecule has 4 nitrogen and oxygen atoms in total. The van der Waals surface area contributed by atoms with E-state index in [2.05, 4.69) is 4.57 Å². The predicted octanol–water partition coefficient (Wildman–Crippen LogP) is 4.55. The van der Waals surface area contributed by atoms with Crippen LogP contribution in [0.4, 0.5) is 0 Å². The molecule has 0 saturated heterocycles. The van der Waals surface area contributed by atoms with Gasteiger partial charge in [-0.15, -0.1) is 22.7 Å². The van der Waals surface area contributed by atoms with E-state index < -0.39 is 0 Å². The van der Waals surface area contributed by atoms with Crippen molar-refractivity contribution in [2.24, 2.45) is 0 Å². The van der Waals surface area contributed by atoms with Crippen LogP contribution >= 0.6 is 22.7 Å². The van der Waals surface area contributed by atoms with Gasteiger partial charge in [0.05, 0.1) is 15.9 Å². The summed E-state index contributed by atoms with van der Waals surface area (Å²) >= 11 is 2.72. The number of hydrogen-bond acceptors (Lipinski definition) is 5. The summed E-state index contributed by atoms with van der Waals surface area (Å²) in [5, 5.41) is 1.80. The number of thiophene rings is 2. The molecule has 3 aromatic heterocycles. The molecule has 3 aromatic rings. The van der Waals surface area contributed by atoms with Crippen molar-refractivity contribution in [3.8, 4) is 0 Å². The van der Waals surface area contributed by atoms with Gasteiger partial charge in [-0.3, -0.25) is 9.59 Å². The maximum atomic E-state index is 12.6. The third-order valence-electron chi connectivity index (χ3n) is 4.31. The number of aryl methyl sites for hydroxylation is 1. The van der Waals surface area contributed by atoms with Gasteiger partial charge in [0.15, 0.2) is 0 Å². The van der Waals surface area contributed by atoms with Crippen molar-refractivity contribution in [2.45, 2.75) is 26.0 Å². The van der Waals surface area contributed by atoms with E-state index in [9.17, 15) is 9.59 Å². The number of aromatic nitrogens is 1. The van der Waals surface area contributed by atoms with E-state index in [0.717, 1.165) is 17.8 Å². The minimum absolute atomic E-state index is 0.0399. The van der Waals surface area contributed by atoms with Crippen LogP contribution in [0.5, 0.6) is 0 Å². The largest absolute Gasteiger partial charge is 0.373 e. The lowest BCUT2D eigenvalue weighted by molar-refractivity contribution is 0.0643. The fourth-order valence-electron chi connectivity index (χ4n) is 2.96. The van der Waals surface area contributed by atoms with Gasteiger partial charge in [0.1, 0.15) is 0 Å². The van der Waals surface area contributed by atoms with Crippen LogP contribution in [0.1, 0.15) is 54.8 Å². The van der Waals surface area contributed by atoms with Gasteiger partial charge >= 0.3 is 0 Å². The van der Waals surface area contributed by atoms with Gasteiger partial charge in [0, 0.05) is 41.5 Å². The van der Waals surface area contributed by atoms with Crippen LogP contribution in [0, 0.1) is 0 Å². The Labute approximate surface area is 153 Å². The Bertz CT molecular complexity index is 873. The van der Waals surface area contributed by atoms with Gasteiger partial charge in [0.2, 0.25) is 11.6 Å². The Hall–Kier alpha value is -2.02. The lowest BCUT2D eigenvalue weighted by Gasteiger charge is -2.11. The molecular weight excluding hydrogens is 354 g/mol. The van der Waals surface area contributed by atoms with Crippen molar-refractivity contribution >= 4 is 34.2 Å². The second-order valence-corrected chi connectivity index (χ2v) is 8.00. The summed E-state index contributed by atoms with van der Waals surface area (Å²) in [6.07, 6.45) is 4.86. The molecular formula is C19H17NO3S2. The van der Waals surface area contributed by atoms with Crippen molar-refractivity contribution in [3.63, 3.8) is 0 Å². The molecule has 1 aliphatic carbocycles. The van der Waals surface area contributed by atoms with E-state index in [-0.39, 0.29) is 17.7 Å². The maximum absolute atomic E-state index is 12.6. The van der Waals surface area contributed by atoms with E-state index in [1.807, 2.05) is 37.5 Å². The lowest BCUT2D eigenvalue weighted by Crippen LogP contribution is -2.15. The van der Waals surface area contributed by atoms with Gasteiger partial charge in [0.25, 0.3) is 0 Å². The number of ether oxygens (including phenoxy) is 1. The third-order valence-corrected chi connectivity index (χ3v) is 6.52. The van der Waals surface area contributed by atoms with Crippen molar-refractivity contribution in [3.05, 3.63) is 67.8 Å². The number of carbonyl (C=O) groups excluding carboxylic acids is 2. The highest BCUT2D eigenvalue weighted by molar-refractivity contribution is 7.16. The van der Waals surface area contributed by atoms with Crippen LogP contribution in [0.15, 0.2) is 42.0 Å². The summed E-state index contributed by atoms with van der Waals surface area (Å²) in [7, 11) is 0. The predicted molar refractivity (Wildman–Crippen MR) is 98.9 cm³/mol. The molecule has 6 heteroatoms. The maximum Gasteiger partial charge on any atom is 0.205 e. The minimum atomic E-state index is -0.126. The molecule has 1 atom stereocenters. The Morgan fingerprint density at radius 2 is 1.88 bits per heavy atom. The van der Waals surface area contributed by atoms with Crippen LogP contribution in [-0.4, -0.2) is 22.7 Å². The fraction of sp³-hybridized carbons (Fsp3) is 0.263. The summed E-state index contributed by atoms with van der Waals surface area (Å²) in [6, 6.07) is 7.59. The SMILES string of the molecule is CC(OCCCn1cccc1)c1cc2c(s1)C(=O)c1ccsc1C2=O. The van der Waals surface area contributed by atoms with Crippen LogP contribution < -0.4 is 0 Å². The topological polar surface area (TPSA) is 48.3 Å². The average molecular weight is 371 g/mol. The molecule has 128 valence electrons. The van der Waals surface area contributed by atoms with Crippen LogP contribution in [-0.2, 0) is 11.3 Å². The van der Waals surface area contributed by atoms with E-state index in [0.29, 0.717) is 27.5 Å². The number of ketones is 2. The number of rotatable bonds is 6. The molecule has 0 fully saturated rings. The molecule has 1 unspecified atom stereocenters. The zero-order valence-electron chi connectivity index (χ0n) is 13.7. The first-order valence-corrected chi connectivity index (χ1v) is 9.87. The minimum Gasteiger partial charge on any atom is -0.373 e. The first-order valence-electron chi connectivity index (χ1n) is 8.18. The molecule has 25 heavy (non-hydrogen) atoms. The highest BCUT2D eigenvalue weighted by Crippen LogP contribution is 2.38. The Morgan fingerprint density at radius 3 is 2.68 bits per heavy atom. The van der Waals surface area contributed by atoms with E-state index in [1.165, 1.54) is 22.7 Å². The van der Waals surface area contributed by atoms with Gasteiger partial charge in [-0.25, -0.2) is 0 Å². The molecule has 1 aliphatic rings. The van der Waals surface area contributed by atoms with Crippen LogP contribution in [0.25, 0.3) is 0 Å². The number of nitrogens with zero attached hydrogens (tertiary/aromatic N) is 1. The van der Waals surface area contributed by atoms with Crippen molar-refractivity contribution in [1.82, 2.24) is 4.57 Å². The summed E-state index contributed by atoms with van der Waals surface area (Å²) in [4.78, 5) is 27.2. The van der Waals surface area contributed by atoms with Gasteiger partial charge in [-0.1, -0.05) is 0 Å². The quantitative estimate of drug-likeness (QED) is 0.467. The van der Waals surface area contributed by atoms with Crippen LogP contribution in [0.3, 0.4) is 0 Å². The molecule has 0 aromatic carbocycles. The average Bonchev–Trinajstić information content (AvgIpc) is 3.36. The van der Waals surface area contributed by atoms with Gasteiger partial charge in [-0.2, -0.15) is 0 Å². The zero-order valence-corrected chi connectivity index (χ0v) is 15.4. The molecule has 0 bridgehead atoms. The monoisotopic (exact) mass is 371 g/mol. The number of fused-ring (bicyclic) bond motifs is 2. The lowest BCUT2D eigenvalue weighted by atomic mass is 9.96. The fourth-order valence-corrected chi connectivity index (χ4v) is 4.92. The standard InChI is InChI=1S/C19H17NO3S2/c1-12(23-9-4-8-20-6-2-3-7-20)15-11-14-17(22)18-13(5-10-24-18)16(21)19(14)25-15/h2-3,5-7,10-12H,4,8-9H2,1H3. The number of hydrogen-bond donors (Lipinski definition) is 0. The van der Waals surface area contributed by atoms with Crippen molar-refractivity contribution in [1.29, 1.82) is 0 Å². The van der Waals surface area contributed by atoms with Crippen LogP contribution in [0.2, 0.25) is 0 Å². The smallest absolute Gasteiger partial charge is 0.205 e. The van der Waals surface area contributed by atoms with Crippen molar-refractivity contribution in [2.75, 3.05) is 6.61 Å². The summed E-state index contributed by atoms with van der Waals surface area (Å²) < 4.78 is 8.03. The Balaban J connectivity index is 1.43. The second-order valence-electron chi connectivity index (χ2n) is 6.00. The normalized spacial score (nSPS) is 14.4. The molecule has 0 radical (unpaired) electrons. The first-order chi connectivity index (χ1) is 12.1. The van der Waals surface area contributed by atoms with Crippen molar-refractivity contribution < 1.29 is 14.3 Å². The Morgan fingerprint density at radius 1 is 1.12 bits per heavy atom. The molecule has 0 spiro atoms. The van der Waals surface area contributed by atoms with Gasteiger partial charge < -0.3 is 9.30 Å². The molecule has 0 N–H and O–H groups in total. The first kappa shape index (κ1) is 16.4. The zero-order chi connectivity index (χ0) is 17.4. The molecule has 4 rings (SSSR count). The third kappa shape index (κ3) is 3.01. The van der Waals surface area contributed by atoms with E-state index in [4.69, 9.17) is 4.74 Å². The summed E-state index contributed by atoms with van der Waals surface area (Å²) in [6.45, 7) is 3.52. The summed E-state index contributed by atoms with van der Waals surface area (Å²) in [5.74, 6) is -0.0798. The van der Waals surface area contributed by atoms with E-state index >= 15 is 0 Å². The number of carbonyl (C=O) groups is 2. The Kier molecular flexibility index (Phi) is 4.41.